The van der Waals surface area contributed by atoms with Crippen molar-refractivity contribution in [3.63, 3.8) is 0 Å². The van der Waals surface area contributed by atoms with Gasteiger partial charge in [-0.15, -0.1) is 0 Å². The minimum Gasteiger partial charge on any atom is -0.337 e. The van der Waals surface area contributed by atoms with Crippen LogP contribution in [0.3, 0.4) is 0 Å². The molecule has 2 aliphatic heterocycles. The van der Waals surface area contributed by atoms with Gasteiger partial charge in [-0.25, -0.2) is 8.78 Å². The number of carbonyl (C=O) groups is 1. The average Bonchev–Trinajstić information content (AvgIpc) is 2.63. The summed E-state index contributed by atoms with van der Waals surface area (Å²) >= 11 is 0. The number of amides is 1. The van der Waals surface area contributed by atoms with E-state index < -0.39 is 0 Å². The first-order valence-corrected chi connectivity index (χ1v) is 9.11. The third kappa shape index (κ3) is 3.49. The van der Waals surface area contributed by atoms with Crippen molar-refractivity contribution in [3.8, 4) is 0 Å². The third-order valence-electron chi connectivity index (χ3n) is 5.49. The zero-order chi connectivity index (χ0) is 18.1. The van der Waals surface area contributed by atoms with Gasteiger partial charge in [0.2, 0.25) is 5.91 Å². The van der Waals surface area contributed by atoms with E-state index in [1.54, 1.807) is 18.2 Å². The van der Waals surface area contributed by atoms with Gasteiger partial charge in [-0.2, -0.15) is 0 Å². The fourth-order valence-corrected chi connectivity index (χ4v) is 4.15. The van der Waals surface area contributed by atoms with Crippen molar-refractivity contribution in [3.05, 3.63) is 71.3 Å². The number of halogens is 2. The average molecular weight is 356 g/mol. The van der Waals surface area contributed by atoms with Gasteiger partial charge in [0.05, 0.1) is 6.04 Å². The van der Waals surface area contributed by atoms with Gasteiger partial charge in [0, 0.05) is 25.2 Å². The predicted octanol–water partition coefficient (Wildman–Crippen LogP) is 3.59. The van der Waals surface area contributed by atoms with Crippen LogP contribution in [0.5, 0.6) is 0 Å². The second-order valence-electron chi connectivity index (χ2n) is 7.32. The van der Waals surface area contributed by atoms with E-state index in [-0.39, 0.29) is 23.6 Å². The minimum absolute atomic E-state index is 0.0709. The maximum absolute atomic E-state index is 14.0. The summed E-state index contributed by atoms with van der Waals surface area (Å²) in [5.41, 5.74) is 1.43. The first kappa shape index (κ1) is 17.2. The third-order valence-corrected chi connectivity index (χ3v) is 5.49. The summed E-state index contributed by atoms with van der Waals surface area (Å²) in [4.78, 5) is 16.9. The Hall–Kier alpha value is -2.27. The Labute approximate surface area is 152 Å². The molecule has 5 heteroatoms. The molecule has 2 saturated heterocycles. The number of benzene rings is 2. The molecule has 26 heavy (non-hydrogen) atoms. The number of nitrogens with zero attached hydrogens (tertiary/aromatic N) is 2. The van der Waals surface area contributed by atoms with E-state index in [2.05, 4.69) is 4.90 Å². The summed E-state index contributed by atoms with van der Waals surface area (Å²) < 4.78 is 27.5. The Balaban J connectivity index is 1.50. The molecule has 0 radical (unpaired) electrons. The lowest BCUT2D eigenvalue weighted by Crippen LogP contribution is -2.58. The standard InChI is InChI=1S/C21H22F2N2O/c22-18-6-3-4-15(10-18)12-25-13-16-8-9-24(20(11-16)21(25)26)14-17-5-1-2-7-19(17)23/h1-7,10,16,20H,8-9,11-14H2/t16-,20+/m0/s1. The van der Waals surface area contributed by atoms with E-state index in [9.17, 15) is 13.6 Å². The van der Waals surface area contributed by atoms with Crippen LogP contribution in [-0.4, -0.2) is 34.8 Å². The fourth-order valence-electron chi connectivity index (χ4n) is 4.15. The number of fused-ring (bicyclic) bond motifs is 2. The molecular weight excluding hydrogens is 334 g/mol. The molecule has 2 bridgehead atoms. The monoisotopic (exact) mass is 356 g/mol. The van der Waals surface area contributed by atoms with Gasteiger partial charge in [-0.1, -0.05) is 30.3 Å². The zero-order valence-electron chi connectivity index (χ0n) is 14.6. The van der Waals surface area contributed by atoms with Crippen molar-refractivity contribution in [2.24, 2.45) is 5.92 Å². The van der Waals surface area contributed by atoms with Gasteiger partial charge in [0.1, 0.15) is 11.6 Å². The molecule has 0 saturated carbocycles. The molecule has 2 fully saturated rings. The summed E-state index contributed by atoms with van der Waals surface area (Å²) in [5, 5.41) is 0. The van der Waals surface area contributed by atoms with Crippen LogP contribution < -0.4 is 0 Å². The molecule has 0 aliphatic carbocycles. The number of carbonyl (C=O) groups excluding carboxylic acids is 1. The molecular formula is C21H22F2N2O. The maximum atomic E-state index is 14.0. The van der Waals surface area contributed by atoms with Crippen molar-refractivity contribution in [2.75, 3.05) is 13.1 Å². The molecule has 4 rings (SSSR count). The molecule has 0 aromatic heterocycles. The highest BCUT2D eigenvalue weighted by Gasteiger charge is 2.41. The van der Waals surface area contributed by atoms with E-state index in [1.807, 2.05) is 17.0 Å². The molecule has 2 heterocycles. The van der Waals surface area contributed by atoms with Crippen molar-refractivity contribution in [1.29, 1.82) is 0 Å². The van der Waals surface area contributed by atoms with Crippen LogP contribution in [0.1, 0.15) is 24.0 Å². The van der Waals surface area contributed by atoms with E-state index in [4.69, 9.17) is 0 Å². The normalized spacial score (nSPS) is 23.3. The second-order valence-corrected chi connectivity index (χ2v) is 7.32. The number of rotatable bonds is 4. The van der Waals surface area contributed by atoms with E-state index in [0.717, 1.165) is 31.5 Å². The highest BCUT2D eigenvalue weighted by molar-refractivity contribution is 5.83. The van der Waals surface area contributed by atoms with Gasteiger partial charge in [0.25, 0.3) is 0 Å². The van der Waals surface area contributed by atoms with Crippen LogP contribution in [0.2, 0.25) is 0 Å². The zero-order valence-corrected chi connectivity index (χ0v) is 14.6. The molecule has 1 amide bonds. The van der Waals surface area contributed by atoms with Crippen LogP contribution in [0, 0.1) is 17.6 Å². The maximum Gasteiger partial charge on any atom is 0.240 e. The summed E-state index contributed by atoms with van der Waals surface area (Å²) in [6, 6.07) is 12.9. The summed E-state index contributed by atoms with van der Waals surface area (Å²) in [6.07, 6.45) is 1.82. The van der Waals surface area contributed by atoms with E-state index in [1.165, 1.54) is 18.2 Å². The van der Waals surface area contributed by atoms with Crippen molar-refractivity contribution >= 4 is 5.91 Å². The molecule has 0 N–H and O–H groups in total. The lowest BCUT2D eigenvalue weighted by molar-refractivity contribution is -0.146. The molecule has 2 aromatic rings. The van der Waals surface area contributed by atoms with Gasteiger partial charge in [0.15, 0.2) is 0 Å². The fraction of sp³-hybridized carbons (Fsp3) is 0.381. The molecule has 2 aromatic carbocycles. The topological polar surface area (TPSA) is 23.6 Å². The van der Waals surface area contributed by atoms with Crippen LogP contribution in [-0.2, 0) is 17.9 Å². The van der Waals surface area contributed by atoms with Gasteiger partial charge in [-0.3, -0.25) is 9.69 Å². The molecule has 3 nitrogen and oxygen atoms in total. The summed E-state index contributed by atoms with van der Waals surface area (Å²) in [6.45, 7) is 2.41. The molecule has 0 spiro atoms. The number of likely N-dealkylation sites (tertiary alicyclic amines) is 2. The quantitative estimate of drug-likeness (QED) is 0.836. The highest BCUT2D eigenvalue weighted by atomic mass is 19.1. The van der Waals surface area contributed by atoms with Crippen molar-refractivity contribution in [1.82, 2.24) is 9.80 Å². The summed E-state index contributed by atoms with van der Waals surface area (Å²) in [5.74, 6) is 0.0208. The minimum atomic E-state index is -0.284. The smallest absolute Gasteiger partial charge is 0.240 e. The Morgan fingerprint density at radius 3 is 2.69 bits per heavy atom. The lowest BCUT2D eigenvalue weighted by atomic mass is 9.85. The van der Waals surface area contributed by atoms with Gasteiger partial charge in [-0.05, 0) is 49.1 Å². The SMILES string of the molecule is O=C1[C@H]2C[C@H](CCN2Cc2ccccc2F)CN1Cc1cccc(F)c1. The Kier molecular flexibility index (Phi) is 4.72. The molecule has 2 atom stereocenters. The molecule has 0 unspecified atom stereocenters. The van der Waals surface area contributed by atoms with Crippen LogP contribution >= 0.6 is 0 Å². The Bertz CT molecular complexity index is 810. The number of hydrogen-bond acceptors (Lipinski definition) is 2. The lowest BCUT2D eigenvalue weighted by Gasteiger charge is -2.46. The van der Waals surface area contributed by atoms with Crippen LogP contribution in [0.15, 0.2) is 48.5 Å². The molecule has 136 valence electrons. The van der Waals surface area contributed by atoms with Crippen molar-refractivity contribution in [2.45, 2.75) is 32.0 Å². The largest absolute Gasteiger partial charge is 0.337 e. The number of hydrogen-bond donors (Lipinski definition) is 0. The van der Waals surface area contributed by atoms with E-state index in [0.29, 0.717) is 24.6 Å². The molecule has 2 aliphatic rings. The second kappa shape index (κ2) is 7.16. The van der Waals surface area contributed by atoms with Gasteiger partial charge < -0.3 is 4.90 Å². The first-order chi connectivity index (χ1) is 12.6. The first-order valence-electron chi connectivity index (χ1n) is 9.11. The summed E-state index contributed by atoms with van der Waals surface area (Å²) in [7, 11) is 0. The Morgan fingerprint density at radius 1 is 1.04 bits per heavy atom. The van der Waals surface area contributed by atoms with E-state index >= 15 is 0 Å². The number of piperidine rings is 2. The van der Waals surface area contributed by atoms with Gasteiger partial charge >= 0.3 is 0 Å². The van der Waals surface area contributed by atoms with Crippen LogP contribution in [0.25, 0.3) is 0 Å². The highest BCUT2D eigenvalue weighted by Crippen LogP contribution is 2.32. The Morgan fingerprint density at radius 2 is 1.88 bits per heavy atom. The van der Waals surface area contributed by atoms with Crippen LogP contribution in [0.4, 0.5) is 8.78 Å². The predicted molar refractivity (Wildman–Crippen MR) is 95.1 cm³/mol. The van der Waals surface area contributed by atoms with Crippen molar-refractivity contribution < 1.29 is 13.6 Å².